The predicted molar refractivity (Wildman–Crippen MR) is 113 cm³/mol. The van der Waals surface area contributed by atoms with Crippen molar-refractivity contribution in [3.05, 3.63) is 53.1 Å². The summed E-state index contributed by atoms with van der Waals surface area (Å²) in [5.41, 5.74) is 2.05. The molecule has 2 aromatic carbocycles. The van der Waals surface area contributed by atoms with E-state index in [-0.39, 0.29) is 36.6 Å². The highest BCUT2D eigenvalue weighted by atomic mass is 16.5. The van der Waals surface area contributed by atoms with Gasteiger partial charge in [0.05, 0.1) is 30.9 Å². The third kappa shape index (κ3) is 4.39. The molecule has 2 aliphatic rings. The first-order valence-corrected chi connectivity index (χ1v) is 10.2. The van der Waals surface area contributed by atoms with Gasteiger partial charge in [0.1, 0.15) is 0 Å². The molecule has 3 amide bonds. The fourth-order valence-corrected chi connectivity index (χ4v) is 3.76. The van der Waals surface area contributed by atoms with Crippen LogP contribution in [-0.4, -0.2) is 55.6 Å². The van der Waals surface area contributed by atoms with Crippen molar-refractivity contribution in [2.45, 2.75) is 25.9 Å². The van der Waals surface area contributed by atoms with Crippen molar-refractivity contribution in [1.82, 2.24) is 4.90 Å². The zero-order valence-corrected chi connectivity index (χ0v) is 17.5. The minimum Gasteiger partial charge on any atom is -0.493 e. The van der Waals surface area contributed by atoms with Crippen molar-refractivity contribution in [3.63, 3.8) is 0 Å². The van der Waals surface area contributed by atoms with Crippen LogP contribution in [0.4, 0.5) is 5.69 Å². The van der Waals surface area contributed by atoms with E-state index in [4.69, 9.17) is 14.2 Å². The van der Waals surface area contributed by atoms with Crippen LogP contribution in [0, 0.1) is 6.92 Å². The maximum absolute atomic E-state index is 12.7. The van der Waals surface area contributed by atoms with Gasteiger partial charge in [-0.1, -0.05) is 6.07 Å². The molecule has 1 atom stereocenters. The lowest BCUT2D eigenvalue weighted by Crippen LogP contribution is -2.36. The number of hydrogen-bond donors (Lipinski definition) is 1. The largest absolute Gasteiger partial charge is 0.493 e. The van der Waals surface area contributed by atoms with E-state index in [1.165, 1.54) is 18.1 Å². The summed E-state index contributed by atoms with van der Waals surface area (Å²) < 4.78 is 16.4. The zero-order chi connectivity index (χ0) is 22.0. The monoisotopic (exact) mass is 424 g/mol. The Labute approximate surface area is 180 Å². The lowest BCUT2D eigenvalue weighted by molar-refractivity contribution is -0.118. The summed E-state index contributed by atoms with van der Waals surface area (Å²) in [5.74, 6) is -0.0884. The Bertz CT molecular complexity index is 1030. The first-order valence-electron chi connectivity index (χ1n) is 10.2. The van der Waals surface area contributed by atoms with Gasteiger partial charge in [-0.15, -0.1) is 0 Å². The quantitative estimate of drug-likeness (QED) is 0.687. The molecule has 1 fully saturated rings. The molecule has 1 saturated heterocycles. The van der Waals surface area contributed by atoms with Gasteiger partial charge >= 0.3 is 0 Å². The molecular weight excluding hydrogens is 400 g/mol. The van der Waals surface area contributed by atoms with E-state index >= 15 is 0 Å². The molecule has 8 nitrogen and oxygen atoms in total. The standard InChI is InChI=1S/C23H24N2O6/c1-14-5-8-19(20(10-14)29-2)31-13-21(26)24-15-6-7-17-18(11-15)23(28)25(22(17)27)12-16-4-3-9-30-16/h5-8,10-11,16H,3-4,9,12-13H2,1-2H3,(H,24,26). The summed E-state index contributed by atoms with van der Waals surface area (Å²) in [7, 11) is 1.53. The number of anilines is 1. The van der Waals surface area contributed by atoms with Gasteiger partial charge in [0.25, 0.3) is 17.7 Å². The molecule has 0 aliphatic carbocycles. The number of hydrogen-bond acceptors (Lipinski definition) is 6. The van der Waals surface area contributed by atoms with Crippen molar-refractivity contribution in [1.29, 1.82) is 0 Å². The molecule has 31 heavy (non-hydrogen) atoms. The molecule has 8 heteroatoms. The highest BCUT2D eigenvalue weighted by Crippen LogP contribution is 2.29. The van der Waals surface area contributed by atoms with Crippen molar-refractivity contribution in [2.75, 3.05) is 32.2 Å². The minimum absolute atomic E-state index is 0.114. The van der Waals surface area contributed by atoms with Gasteiger partial charge in [-0.2, -0.15) is 0 Å². The molecule has 1 N–H and O–H groups in total. The number of ether oxygens (including phenoxy) is 3. The third-order valence-electron chi connectivity index (χ3n) is 5.34. The molecule has 0 bridgehead atoms. The first kappa shape index (κ1) is 20.9. The predicted octanol–water partition coefficient (Wildman–Crippen LogP) is 2.80. The van der Waals surface area contributed by atoms with Crippen molar-refractivity contribution >= 4 is 23.4 Å². The number of amides is 3. The Morgan fingerprint density at radius 3 is 2.68 bits per heavy atom. The normalized spacial score (nSPS) is 17.6. The van der Waals surface area contributed by atoms with Crippen LogP contribution in [0.3, 0.4) is 0 Å². The summed E-state index contributed by atoms with van der Waals surface area (Å²) in [6.45, 7) is 2.61. The number of benzene rings is 2. The van der Waals surface area contributed by atoms with Crippen LogP contribution in [0.25, 0.3) is 0 Å². The fourth-order valence-electron chi connectivity index (χ4n) is 3.76. The zero-order valence-electron chi connectivity index (χ0n) is 17.5. The molecule has 162 valence electrons. The Kier molecular flexibility index (Phi) is 5.90. The highest BCUT2D eigenvalue weighted by Gasteiger charge is 2.37. The molecular formula is C23H24N2O6. The lowest BCUT2D eigenvalue weighted by Gasteiger charge is -2.17. The number of methoxy groups -OCH3 is 1. The van der Waals surface area contributed by atoms with E-state index in [1.54, 1.807) is 18.2 Å². The van der Waals surface area contributed by atoms with Crippen LogP contribution in [0.5, 0.6) is 11.5 Å². The smallest absolute Gasteiger partial charge is 0.262 e. The van der Waals surface area contributed by atoms with Gasteiger partial charge in [0.15, 0.2) is 18.1 Å². The number of carbonyl (C=O) groups excluding carboxylic acids is 3. The summed E-state index contributed by atoms with van der Waals surface area (Å²) in [5, 5.41) is 2.70. The second-order valence-corrected chi connectivity index (χ2v) is 7.61. The van der Waals surface area contributed by atoms with Crippen LogP contribution in [0.2, 0.25) is 0 Å². The molecule has 0 aromatic heterocycles. The minimum atomic E-state index is -0.393. The number of nitrogens with one attached hydrogen (secondary N) is 1. The van der Waals surface area contributed by atoms with E-state index in [0.29, 0.717) is 29.4 Å². The van der Waals surface area contributed by atoms with Crippen LogP contribution < -0.4 is 14.8 Å². The number of aryl methyl sites for hydroxylation is 1. The number of nitrogens with zero attached hydrogens (tertiary/aromatic N) is 1. The summed E-state index contributed by atoms with van der Waals surface area (Å²) in [6.07, 6.45) is 1.65. The molecule has 1 unspecified atom stereocenters. The summed E-state index contributed by atoms with van der Waals surface area (Å²) in [6, 6.07) is 10.1. The van der Waals surface area contributed by atoms with E-state index in [1.807, 2.05) is 19.1 Å². The second-order valence-electron chi connectivity index (χ2n) is 7.61. The SMILES string of the molecule is COc1cc(C)ccc1OCC(=O)Nc1ccc2c(c1)C(=O)N(CC1CCCO1)C2=O. The number of fused-ring (bicyclic) bond motifs is 1. The maximum atomic E-state index is 12.7. The van der Waals surface area contributed by atoms with E-state index in [0.717, 1.165) is 18.4 Å². The third-order valence-corrected chi connectivity index (χ3v) is 5.34. The van der Waals surface area contributed by atoms with Crippen LogP contribution in [0.15, 0.2) is 36.4 Å². The topological polar surface area (TPSA) is 94.2 Å². The number of rotatable bonds is 7. The molecule has 2 heterocycles. The highest BCUT2D eigenvalue weighted by molar-refractivity contribution is 6.21. The van der Waals surface area contributed by atoms with Crippen LogP contribution in [0.1, 0.15) is 39.1 Å². The van der Waals surface area contributed by atoms with Gasteiger partial charge < -0.3 is 19.5 Å². The van der Waals surface area contributed by atoms with E-state index < -0.39 is 5.91 Å². The van der Waals surface area contributed by atoms with Gasteiger partial charge in [0.2, 0.25) is 0 Å². The van der Waals surface area contributed by atoms with Crippen molar-refractivity contribution in [3.8, 4) is 11.5 Å². The second kappa shape index (κ2) is 8.77. The lowest BCUT2D eigenvalue weighted by atomic mass is 10.1. The Morgan fingerprint density at radius 2 is 1.94 bits per heavy atom. The van der Waals surface area contributed by atoms with Gasteiger partial charge in [-0.3, -0.25) is 19.3 Å². The van der Waals surface area contributed by atoms with E-state index in [2.05, 4.69) is 5.32 Å². The molecule has 4 rings (SSSR count). The van der Waals surface area contributed by atoms with Gasteiger partial charge in [0, 0.05) is 12.3 Å². The summed E-state index contributed by atoms with van der Waals surface area (Å²) in [4.78, 5) is 38.9. The van der Waals surface area contributed by atoms with Gasteiger partial charge in [-0.05, 0) is 55.7 Å². The van der Waals surface area contributed by atoms with Gasteiger partial charge in [-0.25, -0.2) is 0 Å². The molecule has 0 saturated carbocycles. The average molecular weight is 424 g/mol. The van der Waals surface area contributed by atoms with E-state index in [9.17, 15) is 14.4 Å². The van der Waals surface area contributed by atoms with Crippen LogP contribution >= 0.6 is 0 Å². The Morgan fingerprint density at radius 1 is 1.13 bits per heavy atom. The first-order chi connectivity index (χ1) is 15.0. The fraction of sp³-hybridized carbons (Fsp3) is 0.348. The molecule has 2 aliphatic heterocycles. The molecule has 0 spiro atoms. The molecule has 0 radical (unpaired) electrons. The average Bonchev–Trinajstić information content (AvgIpc) is 3.36. The number of imide groups is 1. The Balaban J connectivity index is 1.40. The molecule has 2 aromatic rings. The van der Waals surface area contributed by atoms with Crippen molar-refractivity contribution < 1.29 is 28.6 Å². The van der Waals surface area contributed by atoms with Crippen LogP contribution in [-0.2, 0) is 9.53 Å². The summed E-state index contributed by atoms with van der Waals surface area (Å²) >= 11 is 0. The maximum Gasteiger partial charge on any atom is 0.262 e. The number of carbonyl (C=O) groups is 3. The Hall–Kier alpha value is -3.39. The van der Waals surface area contributed by atoms with Crippen molar-refractivity contribution in [2.24, 2.45) is 0 Å².